The van der Waals surface area contributed by atoms with Crippen LogP contribution in [0.25, 0.3) is 11.5 Å². The van der Waals surface area contributed by atoms with E-state index in [1.54, 1.807) is 12.1 Å². The summed E-state index contributed by atoms with van der Waals surface area (Å²) in [5.41, 5.74) is 1.92. The van der Waals surface area contributed by atoms with Gasteiger partial charge in [-0.2, -0.15) is 0 Å². The maximum Gasteiger partial charge on any atom is 0.335 e. The van der Waals surface area contributed by atoms with Gasteiger partial charge in [-0.3, -0.25) is 0 Å². The number of imidazole rings is 1. The van der Waals surface area contributed by atoms with Crippen LogP contribution in [0.5, 0.6) is 5.75 Å². The van der Waals surface area contributed by atoms with E-state index in [1.807, 2.05) is 29.8 Å². The Bertz CT molecular complexity index is 810. The van der Waals surface area contributed by atoms with Crippen molar-refractivity contribution in [2.45, 2.75) is 13.5 Å². The lowest BCUT2D eigenvalue weighted by Gasteiger charge is -2.13. The molecule has 0 bridgehead atoms. The van der Waals surface area contributed by atoms with E-state index in [0.717, 1.165) is 22.9 Å². The van der Waals surface area contributed by atoms with Crippen LogP contribution >= 0.6 is 0 Å². The number of hydrogen-bond donors (Lipinski definition) is 1. The molecule has 0 unspecified atom stereocenters. The number of aromatic carboxylic acids is 1. The lowest BCUT2D eigenvalue weighted by atomic mass is 10.1. The van der Waals surface area contributed by atoms with Crippen LogP contribution in [0.4, 0.5) is 0 Å². The number of benzene rings is 1. The molecule has 0 amide bonds. The fraction of sp³-hybridized carbons (Fsp3) is 0.188. The van der Waals surface area contributed by atoms with Crippen molar-refractivity contribution < 1.29 is 14.6 Å². The second-order valence-corrected chi connectivity index (χ2v) is 4.95. The minimum atomic E-state index is -0.975. The largest absolute Gasteiger partial charge is 0.496 e. The van der Waals surface area contributed by atoms with Crippen molar-refractivity contribution in [2.75, 3.05) is 7.11 Å². The Morgan fingerprint density at radius 1 is 1.32 bits per heavy atom. The van der Waals surface area contributed by atoms with Crippen molar-refractivity contribution >= 4 is 5.97 Å². The molecule has 0 aliphatic carbocycles. The van der Waals surface area contributed by atoms with Gasteiger partial charge in [0.1, 0.15) is 17.3 Å². The van der Waals surface area contributed by atoms with Crippen LogP contribution in [0.2, 0.25) is 0 Å². The fourth-order valence-electron chi connectivity index (χ4n) is 2.41. The van der Waals surface area contributed by atoms with Gasteiger partial charge in [0, 0.05) is 11.8 Å². The van der Waals surface area contributed by atoms with E-state index in [1.165, 1.54) is 13.2 Å². The fourth-order valence-corrected chi connectivity index (χ4v) is 2.41. The zero-order valence-corrected chi connectivity index (χ0v) is 12.3. The summed E-state index contributed by atoms with van der Waals surface area (Å²) in [5, 5.41) is 9.05. The summed E-state index contributed by atoms with van der Waals surface area (Å²) >= 11 is 0. The Hall–Kier alpha value is -2.89. The Balaban J connectivity index is 2.00. The van der Waals surface area contributed by atoms with Crippen LogP contribution in [0, 0.1) is 6.92 Å². The molecule has 0 spiro atoms. The van der Waals surface area contributed by atoms with Crippen molar-refractivity contribution in [3.63, 3.8) is 0 Å². The zero-order valence-electron chi connectivity index (χ0n) is 12.3. The first-order valence-electron chi connectivity index (χ1n) is 6.78. The third-order valence-corrected chi connectivity index (χ3v) is 3.45. The smallest absolute Gasteiger partial charge is 0.335 e. The minimum absolute atomic E-state index is 0.202. The highest BCUT2D eigenvalue weighted by molar-refractivity contribution is 5.88. The zero-order chi connectivity index (χ0) is 15.7. The first-order valence-corrected chi connectivity index (χ1v) is 6.78. The van der Waals surface area contributed by atoms with Crippen LogP contribution in [0.3, 0.4) is 0 Å². The number of pyridine rings is 1. The van der Waals surface area contributed by atoms with Crippen molar-refractivity contribution in [1.29, 1.82) is 0 Å². The quantitative estimate of drug-likeness (QED) is 0.800. The van der Waals surface area contributed by atoms with E-state index < -0.39 is 5.97 Å². The molecule has 3 rings (SSSR count). The highest BCUT2D eigenvalue weighted by Crippen LogP contribution is 2.24. The van der Waals surface area contributed by atoms with E-state index in [9.17, 15) is 4.79 Å². The number of carboxylic acid groups (broad SMARTS) is 1. The summed E-state index contributed by atoms with van der Waals surface area (Å²) < 4.78 is 7.28. The van der Waals surface area contributed by atoms with Crippen LogP contribution in [0.15, 0.2) is 36.5 Å². The third-order valence-electron chi connectivity index (χ3n) is 3.45. The third kappa shape index (κ3) is 2.50. The Morgan fingerprint density at radius 3 is 2.86 bits per heavy atom. The molecule has 2 aliphatic rings. The number of nitrogens with zero attached hydrogens (tertiary/aromatic N) is 3. The molecule has 1 aromatic carbocycles. The van der Waals surface area contributed by atoms with E-state index in [2.05, 4.69) is 9.97 Å². The lowest BCUT2D eigenvalue weighted by Crippen LogP contribution is -2.07. The molecule has 2 heterocycles. The molecule has 22 heavy (non-hydrogen) atoms. The molecular formula is C16H15N3O3. The molecule has 6 heteroatoms. The summed E-state index contributed by atoms with van der Waals surface area (Å²) in [6, 6.07) is 8.69. The first-order chi connectivity index (χ1) is 10.6. The van der Waals surface area contributed by atoms with Gasteiger partial charge in [0.05, 0.1) is 19.2 Å². The average molecular weight is 297 g/mol. The average Bonchev–Trinajstić information content (AvgIpc) is 2.88. The highest BCUT2D eigenvalue weighted by Gasteiger charge is 2.14. The number of hydrogen-bond acceptors (Lipinski definition) is 4. The minimum Gasteiger partial charge on any atom is -0.496 e. The van der Waals surface area contributed by atoms with Crippen molar-refractivity contribution in [2.24, 2.45) is 0 Å². The lowest BCUT2D eigenvalue weighted by molar-refractivity contribution is 0.0696. The Kier molecular flexibility index (Phi) is 3.50. The molecular weight excluding hydrogens is 282 g/mol. The van der Waals surface area contributed by atoms with E-state index >= 15 is 0 Å². The van der Waals surface area contributed by atoms with Gasteiger partial charge in [-0.15, -0.1) is 0 Å². The van der Waals surface area contributed by atoms with Crippen molar-refractivity contribution in [1.82, 2.24) is 14.5 Å². The Labute approximate surface area is 127 Å². The summed E-state index contributed by atoms with van der Waals surface area (Å²) in [6.07, 6.45) is 1.92. The van der Waals surface area contributed by atoms with Gasteiger partial charge in [0.2, 0.25) is 0 Å². The summed E-state index contributed by atoms with van der Waals surface area (Å²) in [7, 11) is 1.53. The highest BCUT2D eigenvalue weighted by atomic mass is 16.5. The number of methoxy groups -OCH3 is 1. The van der Waals surface area contributed by atoms with E-state index in [4.69, 9.17) is 9.84 Å². The molecule has 1 N–H and O–H groups in total. The SMILES string of the molecule is COc1cc(C(=O)O)ccc1Cn1cccc2nc(C)nc1-2. The maximum atomic E-state index is 11.0. The molecule has 112 valence electrons. The number of rotatable bonds is 4. The standard InChI is InChI=1S/C16H15N3O3/c1-10-17-13-4-3-7-19(15(13)18-10)9-12-6-5-11(16(20)21)8-14(12)22-2/h3-8H,9H2,1-2H3,(H,20,21). The van der Waals surface area contributed by atoms with Gasteiger partial charge >= 0.3 is 5.97 Å². The topological polar surface area (TPSA) is 77.2 Å². The van der Waals surface area contributed by atoms with Crippen molar-refractivity contribution in [3.8, 4) is 17.3 Å². The number of aromatic nitrogens is 3. The number of ether oxygens (including phenoxy) is 1. The van der Waals surface area contributed by atoms with Crippen LogP contribution < -0.4 is 4.74 Å². The second kappa shape index (κ2) is 5.48. The van der Waals surface area contributed by atoms with Gasteiger partial charge in [-0.05, 0) is 31.2 Å². The molecule has 0 atom stereocenters. The number of fused-ring (bicyclic) bond motifs is 1. The number of aryl methyl sites for hydroxylation is 1. The molecule has 0 fully saturated rings. The monoisotopic (exact) mass is 297 g/mol. The molecule has 0 saturated carbocycles. The summed E-state index contributed by atoms with van der Waals surface area (Å²) in [5.74, 6) is 1.09. The second-order valence-electron chi connectivity index (χ2n) is 4.95. The summed E-state index contributed by atoms with van der Waals surface area (Å²) in [4.78, 5) is 19.8. The summed E-state index contributed by atoms with van der Waals surface area (Å²) in [6.45, 7) is 2.38. The first kappa shape index (κ1) is 14.1. The predicted octanol–water partition coefficient (Wildman–Crippen LogP) is 2.45. The van der Waals surface area contributed by atoms with Crippen LogP contribution in [0.1, 0.15) is 21.7 Å². The molecule has 6 nitrogen and oxygen atoms in total. The molecule has 1 aromatic rings. The maximum absolute atomic E-state index is 11.0. The Morgan fingerprint density at radius 2 is 2.14 bits per heavy atom. The van der Waals surface area contributed by atoms with Crippen LogP contribution in [-0.2, 0) is 6.54 Å². The normalized spacial score (nSPS) is 10.8. The van der Waals surface area contributed by atoms with Gasteiger partial charge in [0.15, 0.2) is 5.82 Å². The van der Waals surface area contributed by atoms with E-state index in [-0.39, 0.29) is 5.56 Å². The van der Waals surface area contributed by atoms with Crippen molar-refractivity contribution in [3.05, 3.63) is 53.5 Å². The van der Waals surface area contributed by atoms with Gasteiger partial charge in [-0.1, -0.05) is 6.07 Å². The number of carboxylic acids is 1. The van der Waals surface area contributed by atoms with Gasteiger partial charge in [0.25, 0.3) is 0 Å². The molecule has 0 aromatic heterocycles. The molecule has 0 radical (unpaired) electrons. The molecule has 2 aliphatic heterocycles. The predicted molar refractivity (Wildman–Crippen MR) is 80.4 cm³/mol. The van der Waals surface area contributed by atoms with Gasteiger partial charge in [-0.25, -0.2) is 14.8 Å². The van der Waals surface area contributed by atoms with Crippen LogP contribution in [-0.4, -0.2) is 32.7 Å². The number of carbonyl (C=O) groups is 1. The molecule has 0 saturated heterocycles. The van der Waals surface area contributed by atoms with Gasteiger partial charge < -0.3 is 14.4 Å². The van der Waals surface area contributed by atoms with E-state index in [0.29, 0.717) is 12.3 Å².